The third-order valence-electron chi connectivity index (χ3n) is 19.7. The van der Waals surface area contributed by atoms with Crippen LogP contribution in [0.5, 0.6) is 0 Å². The number of rotatable bonds is 68. The van der Waals surface area contributed by atoms with Crippen molar-refractivity contribution in [2.24, 2.45) is 0 Å². The number of ether oxygens (including phenoxy) is 4. The molecule has 0 saturated carbocycles. The molecule has 0 spiro atoms. The Morgan fingerprint density at radius 2 is 0.698 bits per heavy atom. The summed E-state index contributed by atoms with van der Waals surface area (Å²) in [5.74, 6) is -0.247. The fourth-order valence-electron chi connectivity index (χ4n) is 13.2. The molecule has 12 atom stereocenters. The van der Waals surface area contributed by atoms with Gasteiger partial charge < -0.3 is 65.1 Å². The first-order chi connectivity index (χ1) is 47.1. The Bertz CT molecular complexity index is 1840. The summed E-state index contributed by atoms with van der Waals surface area (Å²) in [4.78, 5) is 13.4. The van der Waals surface area contributed by atoms with Gasteiger partial charge in [0.2, 0.25) is 5.91 Å². The number of hydrogen-bond donors (Lipinski definition) is 9. The van der Waals surface area contributed by atoms with Crippen molar-refractivity contribution in [3.05, 3.63) is 60.8 Å². The fraction of sp³-hybridized carbons (Fsp3) is 0.866. The Balaban J connectivity index is 1.63. The van der Waals surface area contributed by atoms with Crippen LogP contribution in [-0.4, -0.2) is 140 Å². The number of allylic oxidation sites excluding steroid dienone is 9. The van der Waals surface area contributed by atoms with Gasteiger partial charge in [-0.1, -0.05) is 338 Å². The molecule has 1 amide bonds. The van der Waals surface area contributed by atoms with E-state index in [1.807, 2.05) is 6.08 Å². The number of aliphatic hydroxyl groups excluding tert-OH is 8. The lowest BCUT2D eigenvalue weighted by Gasteiger charge is -2.46. The molecule has 0 aromatic carbocycles. The Morgan fingerprint density at radius 3 is 1.08 bits per heavy atom. The summed E-state index contributed by atoms with van der Waals surface area (Å²) >= 11 is 0. The van der Waals surface area contributed by atoms with Gasteiger partial charge in [-0.25, -0.2) is 0 Å². The van der Waals surface area contributed by atoms with Crippen LogP contribution in [0.3, 0.4) is 0 Å². The van der Waals surface area contributed by atoms with Crippen molar-refractivity contribution in [2.75, 3.05) is 19.8 Å². The lowest BCUT2D eigenvalue weighted by molar-refractivity contribution is -0.359. The summed E-state index contributed by atoms with van der Waals surface area (Å²) in [5.41, 5.74) is 0. The van der Waals surface area contributed by atoms with Crippen molar-refractivity contribution in [1.82, 2.24) is 5.32 Å². The Hall–Kier alpha value is -2.31. The second-order valence-electron chi connectivity index (χ2n) is 28.5. The molecule has 2 heterocycles. The first-order valence-electron chi connectivity index (χ1n) is 40.5. The first-order valence-corrected chi connectivity index (χ1v) is 40.5. The maximum absolute atomic E-state index is 13.4. The molecule has 0 aliphatic carbocycles. The Labute approximate surface area is 587 Å². The molecule has 9 N–H and O–H groups in total. The van der Waals surface area contributed by atoms with Crippen LogP contribution in [0, 0.1) is 0 Å². The zero-order chi connectivity index (χ0) is 69.4. The van der Waals surface area contributed by atoms with Crippen molar-refractivity contribution in [2.45, 2.75) is 434 Å². The van der Waals surface area contributed by atoms with Crippen LogP contribution >= 0.6 is 0 Å². The quantitative estimate of drug-likeness (QED) is 0.0204. The Morgan fingerprint density at radius 1 is 0.375 bits per heavy atom. The molecule has 2 fully saturated rings. The van der Waals surface area contributed by atoms with Gasteiger partial charge in [0.1, 0.15) is 48.8 Å². The average molecular weight is 1360 g/mol. The van der Waals surface area contributed by atoms with Crippen molar-refractivity contribution < 1.29 is 64.6 Å². The molecular formula is C82H151NO13. The van der Waals surface area contributed by atoms with Gasteiger partial charge in [0.05, 0.1) is 32.0 Å². The molecule has 2 aliphatic heterocycles. The van der Waals surface area contributed by atoms with E-state index in [1.54, 1.807) is 6.08 Å². The topological polar surface area (TPSA) is 228 Å². The summed E-state index contributed by atoms with van der Waals surface area (Å²) in [6, 6.07) is -0.941. The molecule has 2 saturated heterocycles. The van der Waals surface area contributed by atoms with Gasteiger partial charge in [0.15, 0.2) is 12.6 Å². The van der Waals surface area contributed by atoms with Gasteiger partial charge in [-0.05, 0) is 77.0 Å². The summed E-state index contributed by atoms with van der Waals surface area (Å²) in [5, 5.41) is 87.6. The van der Waals surface area contributed by atoms with E-state index < -0.39 is 86.8 Å². The van der Waals surface area contributed by atoms with Gasteiger partial charge in [0.25, 0.3) is 0 Å². The summed E-state index contributed by atoms with van der Waals surface area (Å²) in [6.07, 6.45) is 73.1. The molecule has 12 unspecified atom stereocenters. The average Bonchev–Trinajstić information content (AvgIpc) is 0.812. The zero-order valence-corrected chi connectivity index (χ0v) is 61.6. The molecule has 0 radical (unpaired) electrons. The monoisotopic (exact) mass is 1360 g/mol. The maximum Gasteiger partial charge on any atom is 0.220 e. The molecule has 96 heavy (non-hydrogen) atoms. The molecule has 14 nitrogen and oxygen atoms in total. The molecule has 14 heteroatoms. The second-order valence-corrected chi connectivity index (χ2v) is 28.5. The van der Waals surface area contributed by atoms with Crippen LogP contribution in [0.25, 0.3) is 0 Å². The van der Waals surface area contributed by atoms with E-state index in [2.05, 4.69) is 67.8 Å². The van der Waals surface area contributed by atoms with Crippen LogP contribution in [0.2, 0.25) is 0 Å². The van der Waals surface area contributed by atoms with Crippen molar-refractivity contribution in [3.8, 4) is 0 Å². The lowest BCUT2D eigenvalue weighted by Crippen LogP contribution is -2.65. The highest BCUT2D eigenvalue weighted by Gasteiger charge is 2.51. The minimum absolute atomic E-state index is 0.247. The number of aliphatic hydroxyl groups is 8. The van der Waals surface area contributed by atoms with E-state index in [9.17, 15) is 45.6 Å². The molecule has 2 rings (SSSR count). The molecule has 2 aliphatic rings. The summed E-state index contributed by atoms with van der Waals surface area (Å²) in [6.45, 7) is 2.82. The predicted molar refractivity (Wildman–Crippen MR) is 397 cm³/mol. The molecule has 562 valence electrons. The zero-order valence-electron chi connectivity index (χ0n) is 61.6. The van der Waals surface area contributed by atoms with E-state index in [0.717, 1.165) is 51.4 Å². The van der Waals surface area contributed by atoms with Gasteiger partial charge in [0, 0.05) is 6.42 Å². The highest BCUT2D eigenvalue weighted by molar-refractivity contribution is 5.76. The molecular weight excluding hydrogens is 1210 g/mol. The van der Waals surface area contributed by atoms with Crippen molar-refractivity contribution >= 4 is 5.91 Å². The SMILES string of the molecule is CCCCCCC/C=C\C/C=C\CCCCCCCCCCCCCCCCCCCCCCCC(=O)NC(COC1OC(CO)C(OC2OC(CO)C(O)C(O)C2O)C(O)C1O)C(O)/C=C/CC/C=C/CC/C=C/CCCCCCCCCCCCCCCCCCCCC. The highest BCUT2D eigenvalue weighted by Crippen LogP contribution is 2.30. The molecule has 0 bridgehead atoms. The fourth-order valence-corrected chi connectivity index (χ4v) is 13.2. The summed E-state index contributed by atoms with van der Waals surface area (Å²) in [7, 11) is 0. The number of carbonyl (C=O) groups excluding carboxylic acids is 1. The van der Waals surface area contributed by atoms with Crippen LogP contribution in [-0.2, 0) is 23.7 Å². The standard InChI is InChI=1S/C82H151NO13/c1-3-5-7-9-11-13-15-17-19-21-23-25-27-29-31-33-34-35-36-38-40-42-44-46-48-50-52-54-56-58-60-62-64-66-74(87)83-70(69-93-81-79(92)77(90)80(73(68-85)95-81)96-82-78(91)76(89)75(88)72(67-84)94-82)71(86)65-63-61-59-57-55-53-51-49-47-45-43-41-39-37-32-30-28-26-24-22-20-18-16-14-12-10-8-6-4-2/h15,17,21,23,47,49,55,57,63,65,70-73,75-82,84-86,88-92H,3-14,16,18-20,22,24-46,48,50-54,56,58-62,64,66-69H2,1-2H3,(H,83,87)/b17-15-,23-21-,49-47+,57-55+,65-63+. The second kappa shape index (κ2) is 66.0. The van der Waals surface area contributed by atoms with Crippen LogP contribution in [0.15, 0.2) is 60.8 Å². The number of nitrogens with one attached hydrogen (secondary N) is 1. The molecule has 0 aromatic heterocycles. The smallest absolute Gasteiger partial charge is 0.220 e. The number of amides is 1. The Kier molecular flexibility index (Phi) is 61.7. The predicted octanol–water partition coefficient (Wildman–Crippen LogP) is 18.4. The number of unbranched alkanes of at least 4 members (excludes halogenated alkanes) is 47. The van der Waals surface area contributed by atoms with Crippen LogP contribution < -0.4 is 5.32 Å². The van der Waals surface area contributed by atoms with E-state index in [1.165, 1.54) is 276 Å². The number of carbonyl (C=O) groups is 1. The van der Waals surface area contributed by atoms with E-state index >= 15 is 0 Å². The lowest BCUT2D eigenvalue weighted by atomic mass is 9.97. The van der Waals surface area contributed by atoms with Gasteiger partial charge in [-0.15, -0.1) is 0 Å². The minimum Gasteiger partial charge on any atom is -0.394 e. The van der Waals surface area contributed by atoms with Crippen LogP contribution in [0.4, 0.5) is 0 Å². The van der Waals surface area contributed by atoms with Gasteiger partial charge in [-0.3, -0.25) is 4.79 Å². The highest BCUT2D eigenvalue weighted by atomic mass is 16.7. The van der Waals surface area contributed by atoms with Crippen molar-refractivity contribution in [1.29, 1.82) is 0 Å². The van der Waals surface area contributed by atoms with Gasteiger partial charge >= 0.3 is 0 Å². The number of hydrogen-bond acceptors (Lipinski definition) is 13. The van der Waals surface area contributed by atoms with Gasteiger partial charge in [-0.2, -0.15) is 0 Å². The van der Waals surface area contributed by atoms with E-state index in [0.29, 0.717) is 12.8 Å². The maximum atomic E-state index is 13.4. The van der Waals surface area contributed by atoms with Crippen LogP contribution in [0.1, 0.15) is 361 Å². The third-order valence-corrected chi connectivity index (χ3v) is 19.7. The normalized spacial score (nSPS) is 22.5. The van der Waals surface area contributed by atoms with Crippen molar-refractivity contribution in [3.63, 3.8) is 0 Å². The van der Waals surface area contributed by atoms with E-state index in [-0.39, 0.29) is 18.9 Å². The van der Waals surface area contributed by atoms with E-state index in [4.69, 9.17) is 18.9 Å². The molecule has 0 aromatic rings. The largest absolute Gasteiger partial charge is 0.394 e. The first kappa shape index (κ1) is 89.8. The summed E-state index contributed by atoms with van der Waals surface area (Å²) < 4.78 is 22.9. The third kappa shape index (κ3) is 48.5. The minimum atomic E-state index is -1.79.